The molecule has 1 aromatic rings. The average molecular weight is 336 g/mol. The maximum atomic E-state index is 12.1. The van der Waals surface area contributed by atoms with Crippen LogP contribution in [0, 0.1) is 5.92 Å². The highest BCUT2D eigenvalue weighted by Crippen LogP contribution is 2.27. The SMILES string of the molecule is COC(=O)CC(NC(=O)CNCC1CC1)c1ccc(SC)cc1. The average Bonchev–Trinajstić information content (AvgIpc) is 3.38. The van der Waals surface area contributed by atoms with E-state index in [-0.39, 0.29) is 30.9 Å². The molecule has 6 heteroatoms. The summed E-state index contributed by atoms with van der Waals surface area (Å²) in [5.41, 5.74) is 0.906. The van der Waals surface area contributed by atoms with Gasteiger partial charge < -0.3 is 15.4 Å². The first-order valence-corrected chi connectivity index (χ1v) is 9.05. The van der Waals surface area contributed by atoms with Gasteiger partial charge in [0.25, 0.3) is 0 Å². The van der Waals surface area contributed by atoms with Crippen molar-refractivity contribution in [1.29, 1.82) is 0 Å². The lowest BCUT2D eigenvalue weighted by Gasteiger charge is -2.19. The summed E-state index contributed by atoms with van der Waals surface area (Å²) in [6, 6.07) is 7.49. The quantitative estimate of drug-likeness (QED) is 0.534. The lowest BCUT2D eigenvalue weighted by Crippen LogP contribution is -2.37. The van der Waals surface area contributed by atoms with E-state index in [0.29, 0.717) is 0 Å². The van der Waals surface area contributed by atoms with Crippen LogP contribution < -0.4 is 10.6 Å². The number of amides is 1. The summed E-state index contributed by atoms with van der Waals surface area (Å²) in [5.74, 6) is 0.288. The predicted molar refractivity (Wildman–Crippen MR) is 91.3 cm³/mol. The number of thioether (sulfide) groups is 1. The molecule has 0 heterocycles. The van der Waals surface area contributed by atoms with Crippen LogP contribution in [0.25, 0.3) is 0 Å². The van der Waals surface area contributed by atoms with Crippen molar-refractivity contribution in [2.24, 2.45) is 5.92 Å². The molecular formula is C17H24N2O3S. The van der Waals surface area contributed by atoms with Crippen molar-refractivity contribution in [1.82, 2.24) is 10.6 Å². The van der Waals surface area contributed by atoms with E-state index in [1.807, 2.05) is 30.5 Å². The molecule has 0 radical (unpaired) electrons. The van der Waals surface area contributed by atoms with Gasteiger partial charge in [-0.25, -0.2) is 0 Å². The van der Waals surface area contributed by atoms with Crippen molar-refractivity contribution in [3.8, 4) is 0 Å². The molecule has 1 atom stereocenters. The van der Waals surface area contributed by atoms with Crippen molar-refractivity contribution in [3.05, 3.63) is 29.8 Å². The Kier molecular flexibility index (Phi) is 6.92. The van der Waals surface area contributed by atoms with Gasteiger partial charge in [-0.15, -0.1) is 11.8 Å². The normalized spacial score (nSPS) is 15.0. The molecule has 0 bridgehead atoms. The van der Waals surface area contributed by atoms with Gasteiger partial charge in [-0.2, -0.15) is 0 Å². The minimum absolute atomic E-state index is 0.103. The van der Waals surface area contributed by atoms with Gasteiger partial charge in [0.05, 0.1) is 26.1 Å². The van der Waals surface area contributed by atoms with Crippen LogP contribution >= 0.6 is 11.8 Å². The zero-order valence-electron chi connectivity index (χ0n) is 13.6. The van der Waals surface area contributed by atoms with Crippen molar-refractivity contribution in [2.75, 3.05) is 26.5 Å². The van der Waals surface area contributed by atoms with Gasteiger partial charge in [0.1, 0.15) is 0 Å². The number of ether oxygens (including phenoxy) is 1. The fourth-order valence-corrected chi connectivity index (χ4v) is 2.70. The maximum absolute atomic E-state index is 12.1. The highest BCUT2D eigenvalue weighted by Gasteiger charge is 2.22. The number of carbonyl (C=O) groups excluding carboxylic acids is 2. The molecule has 5 nitrogen and oxygen atoms in total. The molecule has 0 saturated heterocycles. The third kappa shape index (κ3) is 6.23. The van der Waals surface area contributed by atoms with E-state index in [2.05, 4.69) is 10.6 Å². The van der Waals surface area contributed by atoms with Crippen LogP contribution in [-0.2, 0) is 14.3 Å². The molecule has 1 aliphatic carbocycles. The van der Waals surface area contributed by atoms with E-state index in [9.17, 15) is 9.59 Å². The van der Waals surface area contributed by atoms with E-state index in [0.717, 1.165) is 22.9 Å². The smallest absolute Gasteiger partial charge is 0.307 e. The van der Waals surface area contributed by atoms with Crippen LogP contribution in [0.2, 0.25) is 0 Å². The first-order chi connectivity index (χ1) is 11.1. The highest BCUT2D eigenvalue weighted by molar-refractivity contribution is 7.98. The van der Waals surface area contributed by atoms with Crippen LogP contribution in [0.15, 0.2) is 29.2 Å². The molecule has 126 valence electrons. The Bertz CT molecular complexity index is 529. The van der Waals surface area contributed by atoms with Crippen LogP contribution in [0.4, 0.5) is 0 Å². The minimum Gasteiger partial charge on any atom is -0.469 e. The summed E-state index contributed by atoms with van der Waals surface area (Å²) in [6.45, 7) is 1.16. The van der Waals surface area contributed by atoms with Gasteiger partial charge in [-0.05, 0) is 49.3 Å². The zero-order valence-corrected chi connectivity index (χ0v) is 14.4. The molecule has 1 fully saturated rings. The predicted octanol–water partition coefficient (Wildman–Crippen LogP) is 2.13. The highest BCUT2D eigenvalue weighted by atomic mass is 32.2. The molecule has 1 aromatic carbocycles. The number of hydrogen-bond acceptors (Lipinski definition) is 5. The number of benzene rings is 1. The van der Waals surface area contributed by atoms with Crippen LogP contribution in [-0.4, -0.2) is 38.3 Å². The molecule has 0 aliphatic heterocycles. The van der Waals surface area contributed by atoms with E-state index >= 15 is 0 Å². The van der Waals surface area contributed by atoms with Crippen LogP contribution in [0.1, 0.15) is 30.9 Å². The summed E-state index contributed by atoms with van der Waals surface area (Å²) in [6.07, 6.45) is 4.64. The summed E-state index contributed by atoms with van der Waals surface area (Å²) in [5, 5.41) is 6.08. The van der Waals surface area contributed by atoms with Crippen molar-refractivity contribution in [2.45, 2.75) is 30.2 Å². The Hall–Kier alpha value is -1.53. The second-order valence-electron chi connectivity index (χ2n) is 5.75. The first-order valence-electron chi connectivity index (χ1n) is 7.83. The Morgan fingerprint density at radius 2 is 2.00 bits per heavy atom. The standard InChI is InChI=1S/C17H24N2O3S/c1-22-17(21)9-15(13-5-7-14(23-2)8-6-13)19-16(20)11-18-10-12-3-4-12/h5-8,12,15,18H,3-4,9-11H2,1-2H3,(H,19,20). The van der Waals surface area contributed by atoms with E-state index in [1.54, 1.807) is 11.8 Å². The first kappa shape index (κ1) is 17.8. The number of carbonyl (C=O) groups is 2. The fourth-order valence-electron chi connectivity index (χ4n) is 2.30. The van der Waals surface area contributed by atoms with Crippen molar-refractivity contribution < 1.29 is 14.3 Å². The summed E-state index contributed by atoms with van der Waals surface area (Å²) >= 11 is 1.65. The summed E-state index contributed by atoms with van der Waals surface area (Å²) in [4.78, 5) is 24.9. The second kappa shape index (κ2) is 8.93. The molecular weight excluding hydrogens is 312 g/mol. The second-order valence-corrected chi connectivity index (χ2v) is 6.63. The van der Waals surface area contributed by atoms with E-state index in [1.165, 1.54) is 20.0 Å². The Balaban J connectivity index is 1.93. The number of esters is 1. The zero-order chi connectivity index (χ0) is 16.7. The van der Waals surface area contributed by atoms with Gasteiger partial charge in [0.15, 0.2) is 0 Å². The fraction of sp³-hybridized carbons (Fsp3) is 0.529. The third-order valence-corrected chi connectivity index (χ3v) is 4.61. The van der Waals surface area contributed by atoms with Crippen molar-refractivity contribution in [3.63, 3.8) is 0 Å². The van der Waals surface area contributed by atoms with Crippen LogP contribution in [0.5, 0.6) is 0 Å². The Morgan fingerprint density at radius 1 is 1.30 bits per heavy atom. The molecule has 1 saturated carbocycles. The van der Waals surface area contributed by atoms with E-state index in [4.69, 9.17) is 4.74 Å². The summed E-state index contributed by atoms with van der Waals surface area (Å²) in [7, 11) is 1.36. The molecule has 0 aromatic heterocycles. The van der Waals surface area contributed by atoms with Crippen LogP contribution in [0.3, 0.4) is 0 Å². The monoisotopic (exact) mass is 336 g/mol. The number of nitrogens with one attached hydrogen (secondary N) is 2. The Labute approximate surface area is 141 Å². The lowest BCUT2D eigenvalue weighted by molar-refractivity contribution is -0.141. The topological polar surface area (TPSA) is 67.4 Å². The van der Waals surface area contributed by atoms with Gasteiger partial charge in [0, 0.05) is 4.90 Å². The van der Waals surface area contributed by atoms with E-state index < -0.39 is 0 Å². The van der Waals surface area contributed by atoms with Crippen molar-refractivity contribution >= 4 is 23.6 Å². The molecule has 1 unspecified atom stereocenters. The molecule has 23 heavy (non-hydrogen) atoms. The maximum Gasteiger partial charge on any atom is 0.307 e. The molecule has 1 aliphatic rings. The van der Waals surface area contributed by atoms with Gasteiger partial charge in [0.2, 0.25) is 5.91 Å². The Morgan fingerprint density at radius 3 is 2.57 bits per heavy atom. The lowest BCUT2D eigenvalue weighted by atomic mass is 10.0. The number of rotatable bonds is 9. The van der Waals surface area contributed by atoms with Gasteiger partial charge in [-0.1, -0.05) is 12.1 Å². The molecule has 0 spiro atoms. The number of hydrogen-bond donors (Lipinski definition) is 2. The molecule has 1 amide bonds. The molecule has 2 N–H and O–H groups in total. The minimum atomic E-state index is -0.367. The summed E-state index contributed by atoms with van der Waals surface area (Å²) < 4.78 is 4.74. The largest absolute Gasteiger partial charge is 0.469 e. The number of methoxy groups -OCH3 is 1. The third-order valence-electron chi connectivity index (χ3n) is 3.87. The molecule has 2 rings (SSSR count). The van der Waals surface area contributed by atoms with Gasteiger partial charge in [-0.3, -0.25) is 9.59 Å². The van der Waals surface area contributed by atoms with Gasteiger partial charge >= 0.3 is 5.97 Å².